The molecule has 3 aliphatic carbocycles. The van der Waals surface area contributed by atoms with Crippen LogP contribution in [-0.4, -0.2) is 135 Å². The summed E-state index contributed by atoms with van der Waals surface area (Å²) in [7, 11) is 9.12. The van der Waals surface area contributed by atoms with Crippen molar-refractivity contribution in [2.75, 3.05) is 66.4 Å². The number of ether oxygens (including phenoxy) is 1. The van der Waals surface area contributed by atoms with Crippen molar-refractivity contribution in [2.24, 2.45) is 29.1 Å². The second-order valence-electron chi connectivity index (χ2n) is 17.2. The molecule has 1 saturated heterocycles. The van der Waals surface area contributed by atoms with E-state index < -0.39 is 30.2 Å². The molecule has 56 heavy (non-hydrogen) atoms. The lowest BCUT2D eigenvalue weighted by atomic mass is 9.45. The third-order valence-electron chi connectivity index (χ3n) is 12.9. The first kappa shape index (κ1) is 43.4. The van der Waals surface area contributed by atoms with E-state index in [4.69, 9.17) is 9.57 Å². The van der Waals surface area contributed by atoms with Gasteiger partial charge in [-0.2, -0.15) is 5.06 Å². The number of carbonyl (C=O) groups is 3. The molecule has 1 heterocycles. The molecule has 4 aliphatic rings. The zero-order chi connectivity index (χ0) is 41.2. The summed E-state index contributed by atoms with van der Waals surface area (Å²) < 4.78 is 6.08. The van der Waals surface area contributed by atoms with Gasteiger partial charge in [-0.05, 0) is 94.6 Å². The molecule has 4 fully saturated rings. The molecule has 0 radical (unpaired) electrons. The molecular weight excluding hydrogens is 713 g/mol. The molecule has 3 amide bonds. The van der Waals surface area contributed by atoms with Crippen molar-refractivity contribution in [3.63, 3.8) is 0 Å². The Labute approximate surface area is 333 Å². The van der Waals surface area contributed by atoms with E-state index in [0.29, 0.717) is 48.7 Å². The van der Waals surface area contributed by atoms with Gasteiger partial charge in [-0.1, -0.05) is 39.0 Å². The number of nitrogens with zero attached hydrogens (tertiary/aromatic N) is 4. The van der Waals surface area contributed by atoms with Crippen molar-refractivity contribution in [1.82, 2.24) is 25.5 Å². The van der Waals surface area contributed by atoms with Crippen molar-refractivity contribution in [2.45, 2.75) is 91.3 Å². The summed E-state index contributed by atoms with van der Waals surface area (Å²) in [6.07, 6.45) is 0.404. The van der Waals surface area contributed by atoms with Crippen LogP contribution in [0.25, 0.3) is 11.1 Å². The Hall–Kier alpha value is -3.75. The molecule has 6 rings (SSSR count). The van der Waals surface area contributed by atoms with E-state index in [9.17, 15) is 24.6 Å². The predicted octanol–water partition coefficient (Wildman–Crippen LogP) is 3.62. The Balaban J connectivity index is 1.46. The Morgan fingerprint density at radius 3 is 2.32 bits per heavy atom. The zero-order valence-corrected chi connectivity index (χ0v) is 35.3. The molecule has 0 unspecified atom stereocenters. The van der Waals surface area contributed by atoms with Gasteiger partial charge in [0, 0.05) is 68.1 Å². The van der Waals surface area contributed by atoms with Gasteiger partial charge in [0.25, 0.3) is 5.91 Å². The molecular formula is C43H66N6O7. The number of likely N-dealkylation sites (N-methyl/N-ethyl adjacent to an activating group) is 2. The van der Waals surface area contributed by atoms with Crippen LogP contribution in [0.1, 0.15) is 70.3 Å². The first-order valence-corrected chi connectivity index (χ1v) is 20.2. The zero-order valence-electron chi connectivity index (χ0n) is 35.3. The number of para-hydroxylation sites is 1. The third-order valence-corrected chi connectivity index (χ3v) is 12.9. The van der Waals surface area contributed by atoms with Crippen LogP contribution in [0, 0.1) is 29.1 Å². The first-order valence-electron chi connectivity index (χ1n) is 20.2. The first-order chi connectivity index (χ1) is 26.5. The molecule has 4 N–H and O–H groups in total. The van der Waals surface area contributed by atoms with Crippen LogP contribution < -0.4 is 20.3 Å². The number of hydrogen-bond donors (Lipinski definition) is 4. The number of fused-ring (bicyclic) bond motifs is 2. The molecule has 0 spiro atoms. The molecule has 310 valence electrons. The minimum atomic E-state index is -0.921. The van der Waals surface area contributed by atoms with Crippen LogP contribution in [0.5, 0.6) is 5.75 Å². The Morgan fingerprint density at radius 2 is 1.77 bits per heavy atom. The fraction of sp³-hybridized carbons (Fsp3) is 0.651. The van der Waals surface area contributed by atoms with E-state index in [1.165, 1.54) is 6.42 Å². The van der Waals surface area contributed by atoms with Crippen LogP contribution in [-0.2, 0) is 21.0 Å². The molecule has 0 aromatic heterocycles. The minimum absolute atomic E-state index is 0.0192. The summed E-state index contributed by atoms with van der Waals surface area (Å²) in [4.78, 5) is 53.5. The average molecular weight is 779 g/mol. The maximum Gasteiger partial charge on any atom is 0.252 e. The van der Waals surface area contributed by atoms with E-state index in [-0.39, 0.29) is 42.3 Å². The summed E-state index contributed by atoms with van der Waals surface area (Å²) >= 11 is 0. The normalized spacial score (nSPS) is 26.6. The monoisotopic (exact) mass is 778 g/mol. The number of amides is 3. The number of methoxy groups -OCH3 is 1. The van der Waals surface area contributed by atoms with E-state index in [2.05, 4.69) is 31.4 Å². The molecule has 13 nitrogen and oxygen atoms in total. The molecule has 3 saturated carbocycles. The molecule has 2 aromatic carbocycles. The summed E-state index contributed by atoms with van der Waals surface area (Å²) in [5.74, 6) is 0.550. The standard InChI is InChI=1S/C43H66N6O7/c1-12-48(13-2)42(54)35(23-46(7)8)45-40(52)29-17-28(18-31(19-29)47(9)10)32-16-14-15-27(39(32)55-11)22-49-38(37(26(4)51)36(24-50)56-49)41(53)44-34-21-30-20-33(25(34)3)43(30,5)6/h14-19,25-26,30,33-38,50-51H,12-13,20-24H2,1-11H3,(H,44,53)(H,45,52)/t25-,26-,30+,33-,34-,35+,36-,37+,38-/m0/s1. The summed E-state index contributed by atoms with van der Waals surface area (Å²) in [5.41, 5.74) is 3.59. The number of anilines is 1. The second kappa shape index (κ2) is 17.8. The van der Waals surface area contributed by atoms with Crippen molar-refractivity contribution < 1.29 is 34.2 Å². The number of hydrogen-bond acceptors (Lipinski definition) is 10. The molecule has 2 bridgehead atoms. The van der Waals surface area contributed by atoms with Gasteiger partial charge in [0.05, 0.1) is 26.4 Å². The highest BCUT2D eigenvalue weighted by Crippen LogP contribution is 2.61. The number of aliphatic hydroxyl groups excluding tert-OH is 2. The van der Waals surface area contributed by atoms with Crippen LogP contribution in [0.4, 0.5) is 5.69 Å². The maximum absolute atomic E-state index is 14.3. The van der Waals surface area contributed by atoms with Crippen molar-refractivity contribution in [3.05, 3.63) is 47.5 Å². The SMILES string of the molecule is CCN(CC)C(=O)[C@@H](CN(C)C)NC(=O)c1cc(-c2cccc(CN3O[C@@H](CO)[C@@H]([C@H](C)O)[C@H]3C(=O)N[C@H]3C[C@H]4C[C@@H]([C@@H]3C)C4(C)C)c2OC)cc(N(C)C)c1. The molecule has 1 aliphatic heterocycles. The van der Waals surface area contributed by atoms with Gasteiger partial charge in [-0.15, -0.1) is 0 Å². The van der Waals surface area contributed by atoms with Gasteiger partial charge in [-0.3, -0.25) is 19.2 Å². The van der Waals surface area contributed by atoms with Gasteiger partial charge >= 0.3 is 0 Å². The topological polar surface area (TPSA) is 147 Å². The Morgan fingerprint density at radius 1 is 1.07 bits per heavy atom. The van der Waals surface area contributed by atoms with Gasteiger partial charge in [-0.25, -0.2) is 0 Å². The summed E-state index contributed by atoms with van der Waals surface area (Å²) in [5, 5.41) is 29.3. The van der Waals surface area contributed by atoms with Crippen molar-refractivity contribution in [1.29, 1.82) is 0 Å². The Kier molecular flexibility index (Phi) is 13.8. The van der Waals surface area contributed by atoms with E-state index >= 15 is 0 Å². The lowest BCUT2D eigenvalue weighted by Crippen LogP contribution is -2.62. The van der Waals surface area contributed by atoms with Crippen molar-refractivity contribution in [3.8, 4) is 16.9 Å². The lowest BCUT2D eigenvalue weighted by molar-refractivity contribution is -0.183. The van der Waals surface area contributed by atoms with Crippen LogP contribution in [0.3, 0.4) is 0 Å². The number of nitrogens with one attached hydrogen (secondary N) is 2. The predicted molar refractivity (Wildman–Crippen MR) is 218 cm³/mol. The number of carbonyl (C=O) groups excluding carboxylic acids is 3. The molecule has 9 atom stereocenters. The average Bonchev–Trinajstić information content (AvgIpc) is 3.53. The number of benzene rings is 2. The van der Waals surface area contributed by atoms with E-state index in [0.717, 1.165) is 28.8 Å². The number of hydroxylamine groups is 2. The molecule has 13 heteroatoms. The molecule has 2 aromatic rings. The summed E-state index contributed by atoms with van der Waals surface area (Å²) in [6, 6.07) is 9.70. The van der Waals surface area contributed by atoms with Crippen molar-refractivity contribution >= 4 is 23.4 Å². The fourth-order valence-electron chi connectivity index (χ4n) is 9.53. The van der Waals surface area contributed by atoms with Crippen LogP contribution in [0.15, 0.2) is 36.4 Å². The number of aliphatic hydroxyl groups is 2. The van der Waals surface area contributed by atoms with Gasteiger partial charge in [0.15, 0.2) is 0 Å². The highest BCUT2D eigenvalue weighted by molar-refractivity contribution is 6.00. The van der Waals surface area contributed by atoms with E-state index in [1.807, 2.05) is 76.1 Å². The third kappa shape index (κ3) is 8.72. The number of rotatable bonds is 16. The highest BCUT2D eigenvalue weighted by Gasteiger charge is 2.57. The second-order valence-corrected chi connectivity index (χ2v) is 17.2. The quantitative estimate of drug-likeness (QED) is 0.199. The van der Waals surface area contributed by atoms with Gasteiger partial charge < -0.3 is 40.3 Å². The maximum atomic E-state index is 14.3. The minimum Gasteiger partial charge on any atom is -0.496 e. The fourth-order valence-corrected chi connectivity index (χ4v) is 9.53. The van der Waals surface area contributed by atoms with Crippen LogP contribution in [0.2, 0.25) is 0 Å². The Bertz CT molecular complexity index is 1710. The van der Waals surface area contributed by atoms with Gasteiger partial charge in [0.1, 0.15) is 23.9 Å². The van der Waals surface area contributed by atoms with E-state index in [1.54, 1.807) is 36.1 Å². The van der Waals surface area contributed by atoms with Crippen LogP contribution >= 0.6 is 0 Å². The van der Waals surface area contributed by atoms with Gasteiger partial charge in [0.2, 0.25) is 11.8 Å². The lowest BCUT2D eigenvalue weighted by Gasteiger charge is -2.62. The highest BCUT2D eigenvalue weighted by atomic mass is 16.7. The summed E-state index contributed by atoms with van der Waals surface area (Å²) in [6.45, 7) is 13.6. The smallest absolute Gasteiger partial charge is 0.252 e. The largest absolute Gasteiger partial charge is 0.496 e.